The SMILES string of the molecule is C=CCN(C1CC1)S(=O)(=O)c1cnn(CCNCC)c1. The number of rotatable bonds is 9. The lowest BCUT2D eigenvalue weighted by molar-refractivity contribution is 0.435. The first kappa shape index (κ1) is 15.2. The van der Waals surface area contributed by atoms with Crippen molar-refractivity contribution in [1.29, 1.82) is 0 Å². The molecule has 1 aromatic rings. The maximum atomic E-state index is 12.6. The highest BCUT2D eigenvalue weighted by Gasteiger charge is 2.37. The summed E-state index contributed by atoms with van der Waals surface area (Å²) in [5.41, 5.74) is 0. The molecule has 2 rings (SSSR count). The molecule has 112 valence electrons. The fourth-order valence-corrected chi connectivity index (χ4v) is 3.65. The molecule has 1 aliphatic rings. The molecule has 20 heavy (non-hydrogen) atoms. The van der Waals surface area contributed by atoms with Crippen LogP contribution in [0.1, 0.15) is 19.8 Å². The molecular formula is C13H22N4O2S. The molecule has 0 bridgehead atoms. The predicted octanol–water partition coefficient (Wildman–Crippen LogP) is 0.832. The van der Waals surface area contributed by atoms with Crippen LogP contribution in [-0.4, -0.2) is 48.2 Å². The zero-order valence-electron chi connectivity index (χ0n) is 11.8. The van der Waals surface area contributed by atoms with Crippen LogP contribution >= 0.6 is 0 Å². The second-order valence-corrected chi connectivity index (χ2v) is 6.78. The van der Waals surface area contributed by atoms with Gasteiger partial charge in [-0.1, -0.05) is 13.0 Å². The summed E-state index contributed by atoms with van der Waals surface area (Å²) in [4.78, 5) is 0.266. The maximum Gasteiger partial charge on any atom is 0.246 e. The Bertz CT molecular complexity index is 548. The minimum Gasteiger partial charge on any atom is -0.315 e. The molecule has 0 amide bonds. The van der Waals surface area contributed by atoms with Gasteiger partial charge in [-0.3, -0.25) is 4.68 Å². The molecule has 0 unspecified atom stereocenters. The molecule has 0 saturated heterocycles. The molecule has 0 aromatic carbocycles. The third kappa shape index (κ3) is 3.47. The summed E-state index contributed by atoms with van der Waals surface area (Å²) in [7, 11) is -3.45. The van der Waals surface area contributed by atoms with E-state index in [4.69, 9.17) is 0 Å². The van der Waals surface area contributed by atoms with E-state index in [1.807, 2.05) is 6.92 Å². The van der Waals surface area contributed by atoms with Gasteiger partial charge in [0.2, 0.25) is 10.0 Å². The number of nitrogens with zero attached hydrogens (tertiary/aromatic N) is 3. The summed E-state index contributed by atoms with van der Waals surface area (Å²) >= 11 is 0. The van der Waals surface area contributed by atoms with Gasteiger partial charge >= 0.3 is 0 Å². The van der Waals surface area contributed by atoms with E-state index >= 15 is 0 Å². The van der Waals surface area contributed by atoms with Gasteiger partial charge in [0.15, 0.2) is 0 Å². The molecule has 1 saturated carbocycles. The number of aromatic nitrogens is 2. The van der Waals surface area contributed by atoms with E-state index in [0.717, 1.165) is 25.9 Å². The fraction of sp³-hybridized carbons (Fsp3) is 0.615. The van der Waals surface area contributed by atoms with Crippen LogP contribution in [0.2, 0.25) is 0 Å². The van der Waals surface area contributed by atoms with Crippen molar-refractivity contribution < 1.29 is 8.42 Å². The van der Waals surface area contributed by atoms with Crippen LogP contribution in [0.3, 0.4) is 0 Å². The number of hydrogen-bond donors (Lipinski definition) is 1. The molecule has 1 N–H and O–H groups in total. The van der Waals surface area contributed by atoms with E-state index < -0.39 is 10.0 Å². The normalized spacial score (nSPS) is 15.7. The van der Waals surface area contributed by atoms with Crippen molar-refractivity contribution in [2.45, 2.75) is 37.2 Å². The first-order valence-electron chi connectivity index (χ1n) is 6.95. The largest absolute Gasteiger partial charge is 0.315 e. The van der Waals surface area contributed by atoms with Crippen LogP contribution in [0.4, 0.5) is 0 Å². The Morgan fingerprint density at radius 2 is 2.35 bits per heavy atom. The summed E-state index contributed by atoms with van der Waals surface area (Å²) in [5.74, 6) is 0. The third-order valence-corrected chi connectivity index (χ3v) is 5.12. The van der Waals surface area contributed by atoms with E-state index in [9.17, 15) is 8.42 Å². The van der Waals surface area contributed by atoms with Crippen LogP contribution in [0.5, 0.6) is 0 Å². The molecule has 0 radical (unpaired) electrons. The fourth-order valence-electron chi connectivity index (χ4n) is 2.04. The van der Waals surface area contributed by atoms with E-state index in [0.29, 0.717) is 13.1 Å². The van der Waals surface area contributed by atoms with Crippen molar-refractivity contribution in [1.82, 2.24) is 19.4 Å². The van der Waals surface area contributed by atoms with E-state index in [1.54, 1.807) is 17.0 Å². The van der Waals surface area contributed by atoms with E-state index in [-0.39, 0.29) is 10.9 Å². The van der Waals surface area contributed by atoms with Crippen LogP contribution in [-0.2, 0) is 16.6 Å². The number of sulfonamides is 1. The van der Waals surface area contributed by atoms with E-state index in [2.05, 4.69) is 17.0 Å². The first-order chi connectivity index (χ1) is 9.59. The first-order valence-corrected chi connectivity index (χ1v) is 8.39. The monoisotopic (exact) mass is 298 g/mol. The minimum absolute atomic E-state index is 0.128. The Labute approximate surface area is 120 Å². The Morgan fingerprint density at radius 1 is 1.60 bits per heavy atom. The average Bonchev–Trinajstić information content (AvgIpc) is 3.13. The van der Waals surface area contributed by atoms with Crippen molar-refractivity contribution in [2.75, 3.05) is 19.6 Å². The highest BCUT2D eigenvalue weighted by Crippen LogP contribution is 2.31. The second-order valence-electron chi connectivity index (χ2n) is 4.89. The standard InChI is InChI=1S/C13H22N4O2S/c1-3-8-17(12-5-6-12)20(18,19)13-10-15-16(11-13)9-7-14-4-2/h3,10-12,14H,1,4-9H2,2H3. The van der Waals surface area contributed by atoms with Crippen LogP contribution in [0.15, 0.2) is 29.9 Å². The number of nitrogens with one attached hydrogen (secondary N) is 1. The van der Waals surface area contributed by atoms with Crippen molar-refractivity contribution in [2.24, 2.45) is 0 Å². The van der Waals surface area contributed by atoms with Crippen LogP contribution in [0, 0.1) is 0 Å². The van der Waals surface area contributed by atoms with Crippen molar-refractivity contribution in [3.8, 4) is 0 Å². The Hall–Kier alpha value is -1.18. The van der Waals surface area contributed by atoms with Crippen molar-refractivity contribution >= 4 is 10.0 Å². The Morgan fingerprint density at radius 3 is 2.95 bits per heavy atom. The second kappa shape index (κ2) is 6.51. The highest BCUT2D eigenvalue weighted by molar-refractivity contribution is 7.89. The van der Waals surface area contributed by atoms with Gasteiger partial charge in [0.05, 0.1) is 12.7 Å². The van der Waals surface area contributed by atoms with Gasteiger partial charge in [-0.05, 0) is 19.4 Å². The van der Waals surface area contributed by atoms with Gasteiger partial charge in [0, 0.05) is 25.3 Å². The molecule has 0 spiro atoms. The number of hydrogen-bond acceptors (Lipinski definition) is 4. The topological polar surface area (TPSA) is 67.2 Å². The summed E-state index contributed by atoms with van der Waals surface area (Å²) in [6, 6.07) is 0.128. The zero-order chi connectivity index (χ0) is 14.6. The molecule has 0 aliphatic heterocycles. The summed E-state index contributed by atoms with van der Waals surface area (Å²) in [6.45, 7) is 8.35. The maximum absolute atomic E-state index is 12.6. The van der Waals surface area contributed by atoms with Gasteiger partial charge in [0.1, 0.15) is 4.90 Å². The lowest BCUT2D eigenvalue weighted by Crippen LogP contribution is -2.33. The average molecular weight is 298 g/mol. The predicted molar refractivity (Wildman–Crippen MR) is 77.9 cm³/mol. The van der Waals surface area contributed by atoms with Gasteiger partial charge < -0.3 is 5.32 Å². The van der Waals surface area contributed by atoms with Gasteiger partial charge in [-0.15, -0.1) is 6.58 Å². The van der Waals surface area contributed by atoms with Gasteiger partial charge in [-0.25, -0.2) is 8.42 Å². The summed E-state index contributed by atoms with van der Waals surface area (Å²) in [6.07, 6.45) is 6.53. The van der Waals surface area contributed by atoms with Crippen molar-refractivity contribution in [3.05, 3.63) is 25.0 Å². The van der Waals surface area contributed by atoms with Crippen LogP contribution in [0.25, 0.3) is 0 Å². The van der Waals surface area contributed by atoms with Gasteiger partial charge in [-0.2, -0.15) is 9.40 Å². The molecule has 1 heterocycles. The highest BCUT2D eigenvalue weighted by atomic mass is 32.2. The lowest BCUT2D eigenvalue weighted by Gasteiger charge is -2.18. The van der Waals surface area contributed by atoms with Gasteiger partial charge in [0.25, 0.3) is 0 Å². The molecular weight excluding hydrogens is 276 g/mol. The Kier molecular flexibility index (Phi) is 4.95. The third-order valence-electron chi connectivity index (χ3n) is 3.25. The molecule has 1 aliphatic carbocycles. The van der Waals surface area contributed by atoms with Crippen LogP contribution < -0.4 is 5.32 Å². The Balaban J connectivity index is 2.10. The molecule has 6 nitrogen and oxygen atoms in total. The lowest BCUT2D eigenvalue weighted by atomic mass is 10.6. The summed E-state index contributed by atoms with van der Waals surface area (Å²) in [5, 5.41) is 7.30. The summed E-state index contributed by atoms with van der Waals surface area (Å²) < 4.78 is 28.3. The molecule has 7 heteroatoms. The minimum atomic E-state index is -3.45. The molecule has 0 atom stereocenters. The van der Waals surface area contributed by atoms with Crippen molar-refractivity contribution in [3.63, 3.8) is 0 Å². The number of likely N-dealkylation sites (N-methyl/N-ethyl adjacent to an activating group) is 1. The smallest absolute Gasteiger partial charge is 0.246 e. The molecule has 1 fully saturated rings. The van der Waals surface area contributed by atoms with E-state index in [1.165, 1.54) is 10.5 Å². The quantitative estimate of drug-likeness (QED) is 0.542. The molecule has 1 aromatic heterocycles. The zero-order valence-corrected chi connectivity index (χ0v) is 12.6.